The zero-order chi connectivity index (χ0) is 14.7. The molecule has 1 aromatic heterocycles. The molecule has 1 heterocycles. The monoisotopic (exact) mass is 308 g/mol. The van der Waals surface area contributed by atoms with Gasteiger partial charge in [0.05, 0.1) is 17.6 Å². The van der Waals surface area contributed by atoms with Crippen LogP contribution in [0.3, 0.4) is 0 Å². The molecule has 0 radical (unpaired) electrons. The number of carboxylic acid groups (broad SMARTS) is 1. The summed E-state index contributed by atoms with van der Waals surface area (Å²) in [6, 6.07) is 0. The van der Waals surface area contributed by atoms with Crippen LogP contribution in [0.25, 0.3) is 0 Å². The maximum absolute atomic E-state index is 11.3. The van der Waals surface area contributed by atoms with E-state index in [0.717, 1.165) is 11.0 Å². The molecule has 0 aromatic carbocycles. The van der Waals surface area contributed by atoms with Gasteiger partial charge < -0.3 is 9.63 Å². The molecule has 0 saturated heterocycles. The van der Waals surface area contributed by atoms with Gasteiger partial charge in [-0.3, -0.25) is 4.79 Å². The molecule has 0 amide bonds. The third-order valence-corrected chi connectivity index (χ3v) is 5.67. The van der Waals surface area contributed by atoms with E-state index < -0.39 is 11.9 Å². The molecule has 21 heavy (non-hydrogen) atoms. The summed E-state index contributed by atoms with van der Waals surface area (Å²) in [5.41, 5.74) is 0. The molecule has 6 heteroatoms. The summed E-state index contributed by atoms with van der Waals surface area (Å²) in [7, 11) is 0. The SMILES string of the molecule is O=C(O)[C@H]1CC=CC[C@H]1c1nc(CSC2CCCC2)no1. The molecular weight excluding hydrogens is 288 g/mol. The van der Waals surface area contributed by atoms with Crippen molar-refractivity contribution in [1.82, 2.24) is 10.1 Å². The van der Waals surface area contributed by atoms with Gasteiger partial charge in [0.1, 0.15) is 0 Å². The van der Waals surface area contributed by atoms with E-state index in [1.54, 1.807) is 0 Å². The fraction of sp³-hybridized carbons (Fsp3) is 0.667. The van der Waals surface area contributed by atoms with Crippen molar-refractivity contribution in [1.29, 1.82) is 0 Å². The van der Waals surface area contributed by atoms with Crippen LogP contribution in [0, 0.1) is 5.92 Å². The summed E-state index contributed by atoms with van der Waals surface area (Å²) >= 11 is 1.89. The summed E-state index contributed by atoms with van der Waals surface area (Å²) in [5.74, 6) is 0.504. The van der Waals surface area contributed by atoms with Crippen molar-refractivity contribution in [2.45, 2.75) is 55.4 Å². The van der Waals surface area contributed by atoms with Crippen LogP contribution in [-0.4, -0.2) is 26.5 Å². The van der Waals surface area contributed by atoms with Gasteiger partial charge in [-0.05, 0) is 25.7 Å². The van der Waals surface area contributed by atoms with E-state index in [4.69, 9.17) is 4.52 Å². The summed E-state index contributed by atoms with van der Waals surface area (Å²) in [4.78, 5) is 15.7. The fourth-order valence-corrected chi connectivity index (χ4v) is 4.25. The van der Waals surface area contributed by atoms with Gasteiger partial charge in [0.2, 0.25) is 5.89 Å². The molecule has 3 rings (SSSR count). The van der Waals surface area contributed by atoms with Gasteiger partial charge in [-0.25, -0.2) is 0 Å². The van der Waals surface area contributed by atoms with Crippen molar-refractivity contribution in [3.8, 4) is 0 Å². The number of hydrogen-bond donors (Lipinski definition) is 1. The molecule has 1 N–H and O–H groups in total. The lowest BCUT2D eigenvalue weighted by Crippen LogP contribution is -2.23. The molecule has 1 saturated carbocycles. The number of nitrogens with zero attached hydrogens (tertiary/aromatic N) is 2. The first-order chi connectivity index (χ1) is 10.2. The van der Waals surface area contributed by atoms with Crippen LogP contribution in [0.4, 0.5) is 0 Å². The number of rotatable bonds is 5. The molecular formula is C15H20N2O3S. The molecule has 1 fully saturated rings. The first kappa shape index (κ1) is 14.6. The zero-order valence-corrected chi connectivity index (χ0v) is 12.7. The lowest BCUT2D eigenvalue weighted by molar-refractivity contribution is -0.142. The normalized spacial score (nSPS) is 26.3. The number of allylic oxidation sites excluding steroid dienone is 2. The third kappa shape index (κ3) is 3.48. The molecule has 2 aliphatic rings. The van der Waals surface area contributed by atoms with Crippen molar-refractivity contribution >= 4 is 17.7 Å². The highest BCUT2D eigenvalue weighted by molar-refractivity contribution is 7.99. The van der Waals surface area contributed by atoms with Crippen molar-refractivity contribution < 1.29 is 14.4 Å². The van der Waals surface area contributed by atoms with E-state index in [2.05, 4.69) is 10.1 Å². The van der Waals surface area contributed by atoms with E-state index in [0.29, 0.717) is 24.6 Å². The number of aliphatic carboxylic acids is 1. The predicted octanol–water partition coefficient (Wildman–Crippen LogP) is 3.38. The zero-order valence-electron chi connectivity index (χ0n) is 11.9. The minimum Gasteiger partial charge on any atom is -0.481 e. The van der Waals surface area contributed by atoms with Crippen molar-refractivity contribution in [2.75, 3.05) is 0 Å². The summed E-state index contributed by atoms with van der Waals surface area (Å²) in [5, 5.41) is 14.0. The Hall–Kier alpha value is -1.30. The van der Waals surface area contributed by atoms with Crippen LogP contribution < -0.4 is 0 Å². The van der Waals surface area contributed by atoms with Gasteiger partial charge in [0.15, 0.2) is 5.82 Å². The first-order valence-corrected chi connectivity index (χ1v) is 8.61. The lowest BCUT2D eigenvalue weighted by atomic mass is 9.83. The second kappa shape index (κ2) is 6.64. The van der Waals surface area contributed by atoms with Gasteiger partial charge >= 0.3 is 5.97 Å². The topological polar surface area (TPSA) is 76.2 Å². The van der Waals surface area contributed by atoms with E-state index in [9.17, 15) is 9.90 Å². The molecule has 0 unspecified atom stereocenters. The average molecular weight is 308 g/mol. The number of carboxylic acids is 1. The highest BCUT2D eigenvalue weighted by Gasteiger charge is 2.33. The Balaban J connectivity index is 1.63. The van der Waals surface area contributed by atoms with Gasteiger partial charge in [0, 0.05) is 5.25 Å². The second-order valence-corrected chi connectivity index (χ2v) is 7.05. The number of thioether (sulfide) groups is 1. The van der Waals surface area contributed by atoms with E-state index >= 15 is 0 Å². The van der Waals surface area contributed by atoms with Gasteiger partial charge in [-0.2, -0.15) is 16.7 Å². The number of aromatic nitrogens is 2. The van der Waals surface area contributed by atoms with Crippen molar-refractivity contribution in [2.24, 2.45) is 5.92 Å². The van der Waals surface area contributed by atoms with E-state index in [1.165, 1.54) is 25.7 Å². The van der Waals surface area contributed by atoms with Crippen molar-refractivity contribution in [3.05, 3.63) is 23.9 Å². The third-order valence-electron chi connectivity index (χ3n) is 4.30. The van der Waals surface area contributed by atoms with Crippen LogP contribution in [-0.2, 0) is 10.5 Å². The quantitative estimate of drug-likeness (QED) is 0.840. The summed E-state index contributed by atoms with van der Waals surface area (Å²) < 4.78 is 5.33. The second-order valence-electron chi connectivity index (χ2n) is 5.76. The van der Waals surface area contributed by atoms with Gasteiger partial charge in [-0.1, -0.05) is 30.2 Å². The van der Waals surface area contributed by atoms with Crippen LogP contribution in [0.15, 0.2) is 16.7 Å². The molecule has 0 bridgehead atoms. The highest BCUT2D eigenvalue weighted by Crippen LogP contribution is 2.35. The maximum Gasteiger partial charge on any atom is 0.307 e. The summed E-state index contributed by atoms with van der Waals surface area (Å²) in [6.45, 7) is 0. The Bertz CT molecular complexity index is 523. The van der Waals surface area contributed by atoms with Gasteiger partial charge in [0.25, 0.3) is 0 Å². The van der Waals surface area contributed by atoms with Crippen molar-refractivity contribution in [3.63, 3.8) is 0 Å². The number of carbonyl (C=O) groups is 1. The lowest BCUT2D eigenvalue weighted by Gasteiger charge is -2.21. The molecule has 1 aromatic rings. The van der Waals surface area contributed by atoms with E-state index in [1.807, 2.05) is 23.9 Å². The van der Waals surface area contributed by atoms with Crippen LogP contribution in [0.2, 0.25) is 0 Å². The Morgan fingerprint density at radius 2 is 2.10 bits per heavy atom. The highest BCUT2D eigenvalue weighted by atomic mass is 32.2. The average Bonchev–Trinajstić information content (AvgIpc) is 3.16. The molecule has 0 spiro atoms. The fourth-order valence-electron chi connectivity index (χ4n) is 3.08. The standard InChI is InChI=1S/C15H20N2O3S/c18-15(19)12-8-4-3-7-11(12)14-16-13(17-20-14)9-21-10-5-1-2-6-10/h3-4,10-12H,1-2,5-9H2,(H,18,19)/t11-,12+/m1/s1. The molecule has 114 valence electrons. The number of hydrogen-bond acceptors (Lipinski definition) is 5. The van der Waals surface area contributed by atoms with E-state index in [-0.39, 0.29) is 5.92 Å². The Morgan fingerprint density at radius 1 is 1.33 bits per heavy atom. The van der Waals surface area contributed by atoms with Crippen LogP contribution >= 0.6 is 11.8 Å². The van der Waals surface area contributed by atoms with Crippen LogP contribution in [0.5, 0.6) is 0 Å². The largest absolute Gasteiger partial charge is 0.481 e. The molecule has 2 aliphatic carbocycles. The Labute approximate surface area is 128 Å². The predicted molar refractivity (Wildman–Crippen MR) is 80.1 cm³/mol. The first-order valence-electron chi connectivity index (χ1n) is 7.56. The minimum absolute atomic E-state index is 0.190. The Morgan fingerprint density at radius 3 is 2.86 bits per heavy atom. The molecule has 5 nitrogen and oxygen atoms in total. The van der Waals surface area contributed by atoms with Gasteiger partial charge in [-0.15, -0.1) is 0 Å². The molecule has 2 atom stereocenters. The minimum atomic E-state index is -0.788. The van der Waals surface area contributed by atoms with Crippen LogP contribution in [0.1, 0.15) is 56.2 Å². The summed E-state index contributed by atoms with van der Waals surface area (Å²) in [6.07, 6.45) is 10.3. The maximum atomic E-state index is 11.3. The molecule has 0 aliphatic heterocycles. The Kier molecular flexibility index (Phi) is 4.63. The smallest absolute Gasteiger partial charge is 0.307 e.